The van der Waals surface area contributed by atoms with Crippen molar-refractivity contribution in [1.29, 1.82) is 5.26 Å². The Labute approximate surface area is 107 Å². The SMILES string of the molecule is N#Cc1c(Cl)[nH]c(Cl)c1-c1ccc(Cl)cc1. The van der Waals surface area contributed by atoms with Gasteiger partial charge in [-0.2, -0.15) is 5.26 Å². The van der Waals surface area contributed by atoms with E-state index in [2.05, 4.69) is 4.98 Å². The molecule has 0 saturated heterocycles. The Morgan fingerprint density at radius 3 is 2.19 bits per heavy atom. The first kappa shape index (κ1) is 11.3. The predicted octanol–water partition coefficient (Wildman–Crippen LogP) is 4.51. The molecule has 0 aliphatic heterocycles. The summed E-state index contributed by atoms with van der Waals surface area (Å²) in [4.78, 5) is 2.72. The molecule has 1 N–H and O–H groups in total. The van der Waals surface area contributed by atoms with E-state index in [1.54, 1.807) is 24.3 Å². The summed E-state index contributed by atoms with van der Waals surface area (Å²) in [6.07, 6.45) is 0. The molecule has 1 aromatic heterocycles. The van der Waals surface area contributed by atoms with Crippen molar-refractivity contribution < 1.29 is 0 Å². The second-order valence-electron chi connectivity index (χ2n) is 3.12. The summed E-state index contributed by atoms with van der Waals surface area (Å²) < 4.78 is 0. The Bertz CT molecular complexity index is 564. The van der Waals surface area contributed by atoms with Crippen LogP contribution in [0.1, 0.15) is 5.56 Å². The van der Waals surface area contributed by atoms with Gasteiger partial charge in [0.1, 0.15) is 16.4 Å². The molecular formula is C11H5Cl3N2. The molecule has 16 heavy (non-hydrogen) atoms. The minimum Gasteiger partial charge on any atom is -0.335 e. The lowest BCUT2D eigenvalue weighted by atomic mass is 10.1. The summed E-state index contributed by atoms with van der Waals surface area (Å²) in [7, 11) is 0. The molecule has 0 bridgehead atoms. The van der Waals surface area contributed by atoms with Crippen LogP contribution in [0.5, 0.6) is 0 Å². The second kappa shape index (κ2) is 4.39. The number of aromatic amines is 1. The van der Waals surface area contributed by atoms with Crippen molar-refractivity contribution in [3.63, 3.8) is 0 Å². The first-order valence-electron chi connectivity index (χ1n) is 4.36. The van der Waals surface area contributed by atoms with E-state index in [1.807, 2.05) is 6.07 Å². The summed E-state index contributed by atoms with van der Waals surface area (Å²) in [6.45, 7) is 0. The average molecular weight is 272 g/mol. The van der Waals surface area contributed by atoms with Gasteiger partial charge in [0.05, 0.1) is 5.56 Å². The topological polar surface area (TPSA) is 39.6 Å². The van der Waals surface area contributed by atoms with Crippen molar-refractivity contribution in [3.8, 4) is 17.2 Å². The summed E-state index contributed by atoms with van der Waals surface area (Å²) >= 11 is 17.6. The molecule has 1 aromatic carbocycles. The molecule has 0 spiro atoms. The van der Waals surface area contributed by atoms with E-state index < -0.39 is 0 Å². The summed E-state index contributed by atoms with van der Waals surface area (Å²) in [6, 6.07) is 9.05. The molecular weight excluding hydrogens is 266 g/mol. The molecule has 2 nitrogen and oxygen atoms in total. The lowest BCUT2D eigenvalue weighted by Gasteiger charge is -2.00. The highest BCUT2D eigenvalue weighted by Gasteiger charge is 2.16. The summed E-state index contributed by atoms with van der Waals surface area (Å²) in [5.74, 6) is 0. The van der Waals surface area contributed by atoms with Crippen molar-refractivity contribution in [1.82, 2.24) is 4.98 Å². The highest BCUT2D eigenvalue weighted by atomic mass is 35.5. The first-order valence-corrected chi connectivity index (χ1v) is 5.50. The maximum Gasteiger partial charge on any atom is 0.126 e. The predicted molar refractivity (Wildman–Crippen MR) is 66.0 cm³/mol. The Morgan fingerprint density at radius 2 is 1.62 bits per heavy atom. The largest absolute Gasteiger partial charge is 0.335 e. The van der Waals surface area contributed by atoms with Gasteiger partial charge in [0.2, 0.25) is 0 Å². The smallest absolute Gasteiger partial charge is 0.126 e. The molecule has 5 heteroatoms. The van der Waals surface area contributed by atoms with Gasteiger partial charge in [-0.15, -0.1) is 0 Å². The number of aromatic nitrogens is 1. The monoisotopic (exact) mass is 270 g/mol. The maximum atomic E-state index is 8.99. The van der Waals surface area contributed by atoms with Gasteiger partial charge >= 0.3 is 0 Å². The summed E-state index contributed by atoms with van der Waals surface area (Å²) in [5.41, 5.74) is 1.74. The van der Waals surface area contributed by atoms with Crippen LogP contribution >= 0.6 is 34.8 Å². The second-order valence-corrected chi connectivity index (χ2v) is 4.31. The van der Waals surface area contributed by atoms with E-state index in [4.69, 9.17) is 40.1 Å². The van der Waals surface area contributed by atoms with Crippen LogP contribution in [0.15, 0.2) is 24.3 Å². The molecule has 1 heterocycles. The van der Waals surface area contributed by atoms with Crippen LogP contribution in [0.2, 0.25) is 15.3 Å². The van der Waals surface area contributed by atoms with Gasteiger partial charge in [0.25, 0.3) is 0 Å². The lowest BCUT2D eigenvalue weighted by Crippen LogP contribution is -1.79. The molecule has 0 amide bonds. The molecule has 80 valence electrons. The van der Waals surface area contributed by atoms with Crippen LogP contribution in [0.4, 0.5) is 0 Å². The molecule has 0 saturated carbocycles. The van der Waals surface area contributed by atoms with Gasteiger partial charge in [-0.3, -0.25) is 0 Å². The van der Waals surface area contributed by atoms with Crippen LogP contribution in [0.3, 0.4) is 0 Å². The zero-order valence-corrected chi connectivity index (χ0v) is 10.2. The van der Waals surface area contributed by atoms with Crippen molar-refractivity contribution in [2.24, 2.45) is 0 Å². The highest BCUT2D eigenvalue weighted by Crippen LogP contribution is 2.35. The molecule has 0 unspecified atom stereocenters. The van der Waals surface area contributed by atoms with Crippen LogP contribution in [-0.4, -0.2) is 4.98 Å². The Hall–Kier alpha value is -1.14. The fraction of sp³-hybridized carbons (Fsp3) is 0. The van der Waals surface area contributed by atoms with Crippen LogP contribution in [0.25, 0.3) is 11.1 Å². The fourth-order valence-electron chi connectivity index (χ4n) is 1.43. The van der Waals surface area contributed by atoms with E-state index in [-0.39, 0.29) is 5.15 Å². The third-order valence-corrected chi connectivity index (χ3v) is 2.97. The Balaban J connectivity index is 2.64. The van der Waals surface area contributed by atoms with Crippen molar-refractivity contribution in [2.75, 3.05) is 0 Å². The molecule has 2 aromatic rings. The van der Waals surface area contributed by atoms with Crippen LogP contribution in [-0.2, 0) is 0 Å². The van der Waals surface area contributed by atoms with Gasteiger partial charge in [0.15, 0.2) is 0 Å². The number of hydrogen-bond acceptors (Lipinski definition) is 1. The van der Waals surface area contributed by atoms with Gasteiger partial charge < -0.3 is 4.98 Å². The summed E-state index contributed by atoms with van der Waals surface area (Å²) in [5, 5.41) is 10.2. The van der Waals surface area contributed by atoms with Crippen LogP contribution in [0, 0.1) is 11.3 Å². The lowest BCUT2D eigenvalue weighted by molar-refractivity contribution is 1.40. The zero-order valence-electron chi connectivity index (χ0n) is 7.89. The number of hydrogen-bond donors (Lipinski definition) is 1. The molecule has 0 atom stereocenters. The minimum absolute atomic E-state index is 0.248. The molecule has 0 fully saturated rings. The number of nitriles is 1. The Morgan fingerprint density at radius 1 is 1.00 bits per heavy atom. The normalized spacial score (nSPS) is 10.1. The number of H-pyrrole nitrogens is 1. The van der Waals surface area contributed by atoms with Crippen molar-refractivity contribution >= 4 is 34.8 Å². The fourth-order valence-corrected chi connectivity index (χ4v) is 2.14. The quantitative estimate of drug-likeness (QED) is 0.814. The van der Waals surface area contributed by atoms with Crippen molar-refractivity contribution in [2.45, 2.75) is 0 Å². The molecule has 2 rings (SSSR count). The standard InChI is InChI=1S/C11H5Cl3N2/c12-7-3-1-6(2-4-7)9-8(5-15)10(13)16-11(9)14/h1-4,16H. The minimum atomic E-state index is 0.248. The highest BCUT2D eigenvalue weighted by molar-refractivity contribution is 6.36. The van der Waals surface area contributed by atoms with Gasteiger partial charge in [-0.1, -0.05) is 46.9 Å². The third kappa shape index (κ3) is 1.90. The van der Waals surface area contributed by atoms with Crippen molar-refractivity contribution in [3.05, 3.63) is 45.2 Å². The number of benzene rings is 1. The third-order valence-electron chi connectivity index (χ3n) is 2.15. The maximum absolute atomic E-state index is 8.99. The van der Waals surface area contributed by atoms with Crippen LogP contribution < -0.4 is 0 Å². The average Bonchev–Trinajstić information content (AvgIpc) is 2.54. The van der Waals surface area contributed by atoms with E-state index in [1.165, 1.54) is 0 Å². The molecule has 0 aliphatic rings. The molecule has 0 aliphatic carbocycles. The van der Waals surface area contributed by atoms with Gasteiger partial charge in [-0.05, 0) is 17.7 Å². The number of rotatable bonds is 1. The Kier molecular flexibility index (Phi) is 3.11. The zero-order chi connectivity index (χ0) is 11.7. The van der Waals surface area contributed by atoms with E-state index in [0.717, 1.165) is 5.56 Å². The van der Waals surface area contributed by atoms with E-state index in [0.29, 0.717) is 21.3 Å². The number of halogens is 3. The first-order chi connectivity index (χ1) is 7.63. The number of nitrogens with zero attached hydrogens (tertiary/aromatic N) is 1. The number of nitrogens with one attached hydrogen (secondary N) is 1. The molecule has 0 radical (unpaired) electrons. The van der Waals surface area contributed by atoms with E-state index in [9.17, 15) is 0 Å². The van der Waals surface area contributed by atoms with Gasteiger partial charge in [-0.25, -0.2) is 0 Å². The van der Waals surface area contributed by atoms with Gasteiger partial charge in [0, 0.05) is 10.6 Å². The van der Waals surface area contributed by atoms with E-state index >= 15 is 0 Å².